The number of phenols is 2. The molecule has 0 fully saturated rings. The van der Waals surface area contributed by atoms with Gasteiger partial charge in [-0.3, -0.25) is 10.5 Å². The van der Waals surface area contributed by atoms with Crippen molar-refractivity contribution in [3.8, 4) is 11.5 Å². The Balaban J connectivity index is 2.92. The third-order valence-electron chi connectivity index (χ3n) is 1.43. The van der Waals surface area contributed by atoms with E-state index in [0.717, 1.165) is 6.08 Å². The minimum Gasteiger partial charge on any atom is -0.504 e. The van der Waals surface area contributed by atoms with E-state index in [1.165, 1.54) is 24.3 Å². The van der Waals surface area contributed by atoms with Gasteiger partial charge < -0.3 is 10.2 Å². The molecule has 0 aliphatic rings. The highest BCUT2D eigenvalue weighted by Crippen LogP contribution is 2.25. The number of carbonyl (C=O) groups excluding carboxylic acids is 1. The van der Waals surface area contributed by atoms with Gasteiger partial charge in [-0.25, -0.2) is 0 Å². The summed E-state index contributed by atoms with van der Waals surface area (Å²) in [5.41, 5.74) is 7.14. The molecule has 0 atom stereocenters. The average Bonchev–Trinajstić information content (AvgIpc) is 2.07. The zero-order valence-corrected chi connectivity index (χ0v) is 6.69. The van der Waals surface area contributed by atoms with Crippen LogP contribution in [0.4, 0.5) is 0 Å². The van der Waals surface area contributed by atoms with Crippen LogP contribution in [0.2, 0.25) is 0 Å². The van der Waals surface area contributed by atoms with Crippen LogP contribution in [0.25, 0.3) is 6.08 Å². The summed E-state index contributed by atoms with van der Waals surface area (Å²) in [6, 6.07) is 4.13. The van der Waals surface area contributed by atoms with E-state index < -0.39 is 5.91 Å². The van der Waals surface area contributed by atoms with Gasteiger partial charge in [0, 0.05) is 6.08 Å². The van der Waals surface area contributed by atoms with Crippen molar-refractivity contribution in [3.63, 3.8) is 0 Å². The summed E-state index contributed by atoms with van der Waals surface area (Å²) in [5, 5.41) is 18.0. The van der Waals surface area contributed by atoms with Crippen LogP contribution in [0.1, 0.15) is 5.56 Å². The molecule has 0 saturated heterocycles. The van der Waals surface area contributed by atoms with Gasteiger partial charge in [0.2, 0.25) is 0 Å². The van der Waals surface area contributed by atoms with E-state index in [2.05, 4.69) is 0 Å². The molecule has 0 aliphatic carbocycles. The van der Waals surface area contributed by atoms with Crippen LogP contribution in [0.15, 0.2) is 24.3 Å². The molecule has 4 nitrogen and oxygen atoms in total. The molecule has 1 radical (unpaired) electrons. The van der Waals surface area contributed by atoms with Crippen LogP contribution >= 0.6 is 0 Å². The second kappa shape index (κ2) is 3.62. The van der Waals surface area contributed by atoms with Gasteiger partial charge in [-0.05, 0) is 23.8 Å². The summed E-state index contributed by atoms with van der Waals surface area (Å²) in [6.45, 7) is 0. The Hall–Kier alpha value is -1.97. The first kappa shape index (κ1) is 9.12. The summed E-state index contributed by atoms with van der Waals surface area (Å²) in [4.78, 5) is 10.2. The van der Waals surface area contributed by atoms with Crippen molar-refractivity contribution in [1.82, 2.24) is 5.73 Å². The Labute approximate surface area is 74.9 Å². The maximum absolute atomic E-state index is 10.2. The van der Waals surface area contributed by atoms with Crippen molar-refractivity contribution in [2.24, 2.45) is 0 Å². The first-order valence-corrected chi connectivity index (χ1v) is 3.55. The van der Waals surface area contributed by atoms with Gasteiger partial charge in [0.05, 0.1) is 0 Å². The van der Waals surface area contributed by atoms with E-state index in [9.17, 15) is 4.79 Å². The van der Waals surface area contributed by atoms with Crippen LogP contribution in [0.5, 0.6) is 11.5 Å². The van der Waals surface area contributed by atoms with E-state index in [1.807, 2.05) is 0 Å². The lowest BCUT2D eigenvalue weighted by atomic mass is 10.2. The maximum atomic E-state index is 10.2. The molecule has 0 saturated carbocycles. The van der Waals surface area contributed by atoms with Gasteiger partial charge in [0.15, 0.2) is 11.5 Å². The molecule has 4 heteroatoms. The van der Waals surface area contributed by atoms with Gasteiger partial charge in [-0.1, -0.05) is 6.07 Å². The smallest absolute Gasteiger partial charge is 0.262 e. The molecule has 1 amide bonds. The molecular weight excluding hydrogens is 170 g/mol. The number of carbonyl (C=O) groups is 1. The van der Waals surface area contributed by atoms with Crippen LogP contribution in [-0.4, -0.2) is 16.1 Å². The summed E-state index contributed by atoms with van der Waals surface area (Å²) in [5.74, 6) is -1.28. The highest BCUT2D eigenvalue weighted by molar-refractivity contribution is 5.89. The Kier molecular flexibility index (Phi) is 2.54. The zero-order chi connectivity index (χ0) is 9.84. The zero-order valence-electron chi connectivity index (χ0n) is 6.69. The number of amides is 1. The fourth-order valence-corrected chi connectivity index (χ4v) is 0.816. The second-order valence-electron chi connectivity index (χ2n) is 2.45. The lowest BCUT2D eigenvalue weighted by Crippen LogP contribution is -1.89. The Bertz CT molecular complexity index is 358. The van der Waals surface area contributed by atoms with Crippen LogP contribution < -0.4 is 5.73 Å². The first-order valence-electron chi connectivity index (χ1n) is 3.55. The minimum atomic E-state index is -0.812. The van der Waals surface area contributed by atoms with Crippen molar-refractivity contribution < 1.29 is 15.0 Å². The highest BCUT2D eigenvalue weighted by Gasteiger charge is 1.97. The molecule has 0 bridgehead atoms. The molecule has 0 unspecified atom stereocenters. The molecule has 1 rings (SSSR count). The molecule has 67 valence electrons. The Morgan fingerprint density at radius 3 is 2.54 bits per heavy atom. The molecule has 1 aromatic carbocycles. The monoisotopic (exact) mass is 178 g/mol. The summed E-state index contributed by atoms with van der Waals surface area (Å²) < 4.78 is 0. The van der Waals surface area contributed by atoms with Crippen LogP contribution in [0.3, 0.4) is 0 Å². The van der Waals surface area contributed by atoms with E-state index in [1.54, 1.807) is 0 Å². The van der Waals surface area contributed by atoms with Crippen molar-refractivity contribution in [3.05, 3.63) is 29.8 Å². The third-order valence-corrected chi connectivity index (χ3v) is 1.43. The quantitative estimate of drug-likeness (QED) is 0.521. The third kappa shape index (κ3) is 2.52. The largest absolute Gasteiger partial charge is 0.504 e. The molecule has 3 N–H and O–H groups in total. The Morgan fingerprint density at radius 1 is 1.31 bits per heavy atom. The molecular formula is C9H8NO3. The number of nitrogens with one attached hydrogen (secondary N) is 1. The van der Waals surface area contributed by atoms with Crippen molar-refractivity contribution in [2.45, 2.75) is 0 Å². The van der Waals surface area contributed by atoms with E-state index in [0.29, 0.717) is 5.56 Å². The normalized spacial score (nSPS) is 10.5. The molecule has 0 spiro atoms. The molecule has 13 heavy (non-hydrogen) atoms. The predicted molar refractivity (Wildman–Crippen MR) is 46.9 cm³/mol. The van der Waals surface area contributed by atoms with Gasteiger partial charge in [0.25, 0.3) is 5.91 Å². The topological polar surface area (TPSA) is 81.3 Å². The standard InChI is InChI=1S/C9H8NO3/c10-9(13)4-2-6-1-3-7(11)8(12)5-6/h1-5,10-12H. The minimum absolute atomic E-state index is 0.214. The van der Waals surface area contributed by atoms with Gasteiger partial charge in [0.1, 0.15) is 0 Å². The summed E-state index contributed by atoms with van der Waals surface area (Å²) in [7, 11) is 0. The van der Waals surface area contributed by atoms with Gasteiger partial charge in [-0.15, -0.1) is 0 Å². The van der Waals surface area contributed by atoms with Gasteiger partial charge in [-0.2, -0.15) is 0 Å². The molecule has 0 aliphatic heterocycles. The van der Waals surface area contributed by atoms with Crippen molar-refractivity contribution in [2.75, 3.05) is 0 Å². The van der Waals surface area contributed by atoms with Gasteiger partial charge >= 0.3 is 0 Å². The second-order valence-corrected chi connectivity index (χ2v) is 2.45. The maximum Gasteiger partial charge on any atom is 0.262 e. The average molecular weight is 178 g/mol. The number of aromatic hydroxyl groups is 2. The molecule has 0 aromatic heterocycles. The first-order chi connectivity index (χ1) is 6.09. The lowest BCUT2D eigenvalue weighted by Gasteiger charge is -1.97. The molecule has 1 aromatic rings. The fraction of sp³-hybridized carbons (Fsp3) is 0. The van der Waals surface area contributed by atoms with Crippen molar-refractivity contribution in [1.29, 1.82) is 0 Å². The van der Waals surface area contributed by atoms with Crippen LogP contribution in [0, 0.1) is 0 Å². The predicted octanol–water partition coefficient (Wildman–Crippen LogP) is 0.920. The van der Waals surface area contributed by atoms with Crippen molar-refractivity contribution >= 4 is 12.0 Å². The van der Waals surface area contributed by atoms with E-state index in [-0.39, 0.29) is 11.5 Å². The number of phenolic OH excluding ortho intramolecular Hbond substituents is 2. The Morgan fingerprint density at radius 2 is 2.00 bits per heavy atom. The highest BCUT2D eigenvalue weighted by atomic mass is 16.3. The summed E-state index contributed by atoms with van der Waals surface area (Å²) in [6.07, 6.45) is 2.44. The SMILES string of the molecule is [NH]C(=O)C=Cc1ccc(O)c(O)c1. The number of benzene rings is 1. The van der Waals surface area contributed by atoms with E-state index in [4.69, 9.17) is 15.9 Å². The number of hydrogen-bond acceptors (Lipinski definition) is 3. The summed E-state index contributed by atoms with van der Waals surface area (Å²) >= 11 is 0. The van der Waals surface area contributed by atoms with Crippen LogP contribution in [-0.2, 0) is 4.79 Å². The fourth-order valence-electron chi connectivity index (χ4n) is 0.816. The molecule has 0 heterocycles. The lowest BCUT2D eigenvalue weighted by molar-refractivity contribution is -0.114. The number of rotatable bonds is 2. The number of hydrogen-bond donors (Lipinski definition) is 2. The van der Waals surface area contributed by atoms with E-state index >= 15 is 0 Å².